The molecule has 3 aromatic rings. The number of hydrogen-bond donors (Lipinski definition) is 0. The van der Waals surface area contributed by atoms with Gasteiger partial charge in [0.05, 0.1) is 11.9 Å². The molecule has 0 aliphatic rings. The molecule has 0 saturated heterocycles. The van der Waals surface area contributed by atoms with E-state index in [4.69, 9.17) is 0 Å². The topological polar surface area (TPSA) is 30.7 Å². The highest BCUT2D eigenvalue weighted by Crippen LogP contribution is 2.19. The molecular formula is C13H10BrN3. The van der Waals surface area contributed by atoms with E-state index >= 15 is 0 Å². The Labute approximate surface area is 107 Å². The average Bonchev–Trinajstić information content (AvgIpc) is 2.73. The molecule has 0 unspecified atom stereocenters. The van der Waals surface area contributed by atoms with Gasteiger partial charge in [0, 0.05) is 16.1 Å². The third kappa shape index (κ3) is 1.85. The van der Waals surface area contributed by atoms with Gasteiger partial charge in [0.1, 0.15) is 0 Å². The molecule has 3 nitrogen and oxygen atoms in total. The first-order chi connectivity index (χ1) is 8.24. The molecule has 0 spiro atoms. The van der Waals surface area contributed by atoms with Gasteiger partial charge in [0.2, 0.25) is 0 Å². The number of nitrogens with zero attached hydrogens (tertiary/aromatic N) is 3. The number of hydrogen-bond acceptors (Lipinski definition) is 2. The van der Waals surface area contributed by atoms with Gasteiger partial charge in [-0.15, -0.1) is 0 Å². The maximum absolute atomic E-state index is 4.39. The predicted molar refractivity (Wildman–Crippen MR) is 71.3 cm³/mol. The van der Waals surface area contributed by atoms with Crippen molar-refractivity contribution in [1.29, 1.82) is 0 Å². The second-order valence-electron chi connectivity index (χ2n) is 3.96. The minimum Gasteiger partial charge on any atom is -0.235 e. The number of aryl methyl sites for hydroxylation is 1. The normalized spacial score (nSPS) is 10.9. The Morgan fingerprint density at radius 2 is 1.88 bits per heavy atom. The van der Waals surface area contributed by atoms with Gasteiger partial charge >= 0.3 is 0 Å². The number of benzene rings is 1. The lowest BCUT2D eigenvalue weighted by Crippen LogP contribution is -1.97. The number of halogens is 1. The molecule has 0 aliphatic carbocycles. The van der Waals surface area contributed by atoms with Gasteiger partial charge in [-0.05, 0) is 41.1 Å². The Balaban J connectivity index is 2.21. The number of fused-ring (bicyclic) bond motifs is 1. The van der Waals surface area contributed by atoms with Crippen molar-refractivity contribution in [3.05, 3.63) is 52.8 Å². The van der Waals surface area contributed by atoms with Crippen LogP contribution in [0.5, 0.6) is 0 Å². The highest BCUT2D eigenvalue weighted by molar-refractivity contribution is 9.10. The van der Waals surface area contributed by atoms with Gasteiger partial charge in [0.25, 0.3) is 0 Å². The SMILES string of the molecule is Cc1ccc(-n2ncc3cc(Br)cnc32)cc1. The molecule has 84 valence electrons. The van der Waals surface area contributed by atoms with Crippen LogP contribution in [-0.2, 0) is 0 Å². The predicted octanol–water partition coefficient (Wildman–Crippen LogP) is 3.49. The van der Waals surface area contributed by atoms with Crippen LogP contribution < -0.4 is 0 Å². The zero-order valence-corrected chi connectivity index (χ0v) is 10.8. The highest BCUT2D eigenvalue weighted by atomic mass is 79.9. The van der Waals surface area contributed by atoms with E-state index in [1.807, 2.05) is 29.1 Å². The summed E-state index contributed by atoms with van der Waals surface area (Å²) in [5.74, 6) is 0. The molecule has 0 aliphatic heterocycles. The standard InChI is InChI=1S/C13H10BrN3/c1-9-2-4-12(5-3-9)17-13-10(7-16-17)6-11(14)8-15-13/h2-8H,1H3. The molecule has 17 heavy (non-hydrogen) atoms. The van der Waals surface area contributed by atoms with E-state index in [0.717, 1.165) is 21.2 Å². The highest BCUT2D eigenvalue weighted by Gasteiger charge is 2.05. The van der Waals surface area contributed by atoms with E-state index < -0.39 is 0 Å². The monoisotopic (exact) mass is 287 g/mol. The van der Waals surface area contributed by atoms with Crippen molar-refractivity contribution in [3.8, 4) is 5.69 Å². The Morgan fingerprint density at radius 1 is 1.12 bits per heavy atom. The van der Waals surface area contributed by atoms with Crippen LogP contribution in [0.3, 0.4) is 0 Å². The van der Waals surface area contributed by atoms with Crippen LogP contribution in [0.25, 0.3) is 16.7 Å². The largest absolute Gasteiger partial charge is 0.235 e. The van der Waals surface area contributed by atoms with Gasteiger partial charge in [-0.2, -0.15) is 5.10 Å². The minimum atomic E-state index is 0.872. The fourth-order valence-electron chi connectivity index (χ4n) is 1.77. The van der Waals surface area contributed by atoms with Gasteiger partial charge in [-0.1, -0.05) is 17.7 Å². The number of pyridine rings is 1. The smallest absolute Gasteiger partial charge is 0.162 e. The Kier molecular flexibility index (Phi) is 2.44. The van der Waals surface area contributed by atoms with E-state index in [-0.39, 0.29) is 0 Å². The summed E-state index contributed by atoms with van der Waals surface area (Å²) >= 11 is 3.41. The molecule has 0 bridgehead atoms. The maximum atomic E-state index is 4.39. The van der Waals surface area contributed by atoms with Crippen LogP contribution in [0.1, 0.15) is 5.56 Å². The molecule has 0 fully saturated rings. The summed E-state index contributed by atoms with van der Waals surface area (Å²) in [6, 6.07) is 10.3. The second kappa shape index (κ2) is 3.96. The van der Waals surface area contributed by atoms with Crippen molar-refractivity contribution in [2.75, 3.05) is 0 Å². The number of rotatable bonds is 1. The summed E-state index contributed by atoms with van der Waals surface area (Å²) in [4.78, 5) is 4.39. The van der Waals surface area contributed by atoms with Crippen LogP contribution in [-0.4, -0.2) is 14.8 Å². The molecule has 2 heterocycles. The van der Waals surface area contributed by atoms with Crippen LogP contribution in [0.4, 0.5) is 0 Å². The van der Waals surface area contributed by atoms with Crippen molar-refractivity contribution < 1.29 is 0 Å². The first kappa shape index (κ1) is 10.5. The zero-order chi connectivity index (χ0) is 11.8. The fraction of sp³-hybridized carbons (Fsp3) is 0.0769. The Hall–Kier alpha value is -1.68. The van der Waals surface area contributed by atoms with Gasteiger partial charge in [-0.3, -0.25) is 0 Å². The minimum absolute atomic E-state index is 0.872. The summed E-state index contributed by atoms with van der Waals surface area (Å²) in [7, 11) is 0. The summed E-state index contributed by atoms with van der Waals surface area (Å²) in [5.41, 5.74) is 3.14. The first-order valence-electron chi connectivity index (χ1n) is 5.30. The molecule has 0 saturated carbocycles. The lowest BCUT2D eigenvalue weighted by molar-refractivity contribution is 0.896. The zero-order valence-electron chi connectivity index (χ0n) is 9.26. The third-order valence-electron chi connectivity index (χ3n) is 2.65. The van der Waals surface area contributed by atoms with Crippen molar-refractivity contribution in [2.45, 2.75) is 6.92 Å². The fourth-order valence-corrected chi connectivity index (χ4v) is 2.12. The average molecular weight is 288 g/mol. The molecule has 1 aromatic carbocycles. The maximum Gasteiger partial charge on any atom is 0.162 e. The van der Waals surface area contributed by atoms with E-state index in [1.165, 1.54) is 5.56 Å². The van der Waals surface area contributed by atoms with Crippen LogP contribution >= 0.6 is 15.9 Å². The molecule has 0 amide bonds. The summed E-state index contributed by atoms with van der Waals surface area (Å²) in [5, 5.41) is 5.40. The second-order valence-corrected chi connectivity index (χ2v) is 4.87. The molecule has 0 radical (unpaired) electrons. The molecule has 4 heteroatoms. The third-order valence-corrected chi connectivity index (χ3v) is 3.09. The Morgan fingerprint density at radius 3 is 2.65 bits per heavy atom. The summed E-state index contributed by atoms with van der Waals surface area (Å²) in [6.45, 7) is 2.07. The van der Waals surface area contributed by atoms with Crippen LogP contribution in [0.15, 0.2) is 47.2 Å². The summed E-state index contributed by atoms with van der Waals surface area (Å²) < 4.78 is 2.81. The molecular weight excluding hydrogens is 278 g/mol. The van der Waals surface area contributed by atoms with E-state index in [0.29, 0.717) is 0 Å². The van der Waals surface area contributed by atoms with E-state index in [1.54, 1.807) is 6.20 Å². The first-order valence-corrected chi connectivity index (χ1v) is 6.10. The van der Waals surface area contributed by atoms with Gasteiger partial charge < -0.3 is 0 Å². The lowest BCUT2D eigenvalue weighted by Gasteiger charge is -2.03. The Bertz CT molecular complexity index is 671. The van der Waals surface area contributed by atoms with Crippen LogP contribution in [0.2, 0.25) is 0 Å². The summed E-state index contributed by atoms with van der Waals surface area (Å²) in [6.07, 6.45) is 3.61. The quantitative estimate of drug-likeness (QED) is 0.686. The van der Waals surface area contributed by atoms with E-state index in [9.17, 15) is 0 Å². The number of aromatic nitrogens is 3. The molecule has 2 aromatic heterocycles. The molecule has 0 atom stereocenters. The van der Waals surface area contributed by atoms with E-state index in [2.05, 4.69) is 45.1 Å². The van der Waals surface area contributed by atoms with Crippen molar-refractivity contribution in [1.82, 2.24) is 14.8 Å². The van der Waals surface area contributed by atoms with Crippen LogP contribution in [0, 0.1) is 6.92 Å². The lowest BCUT2D eigenvalue weighted by atomic mass is 10.2. The van der Waals surface area contributed by atoms with Crippen molar-refractivity contribution >= 4 is 27.0 Å². The van der Waals surface area contributed by atoms with Gasteiger partial charge in [-0.25, -0.2) is 9.67 Å². The molecule has 0 N–H and O–H groups in total. The van der Waals surface area contributed by atoms with Gasteiger partial charge in [0.15, 0.2) is 5.65 Å². The van der Waals surface area contributed by atoms with Crippen molar-refractivity contribution in [2.24, 2.45) is 0 Å². The van der Waals surface area contributed by atoms with Crippen molar-refractivity contribution in [3.63, 3.8) is 0 Å². The molecule has 3 rings (SSSR count).